The van der Waals surface area contributed by atoms with Gasteiger partial charge in [-0.05, 0) is 53.3 Å². The van der Waals surface area contributed by atoms with Crippen molar-refractivity contribution in [3.8, 4) is 0 Å². The predicted octanol–water partition coefficient (Wildman–Crippen LogP) is 2.59. The van der Waals surface area contributed by atoms with E-state index in [1.165, 1.54) is 0 Å². The van der Waals surface area contributed by atoms with Crippen LogP contribution in [0.3, 0.4) is 0 Å². The van der Waals surface area contributed by atoms with Crippen LogP contribution in [-0.4, -0.2) is 24.2 Å². The van der Waals surface area contributed by atoms with Crippen molar-refractivity contribution >= 4 is 34.2 Å². The molecule has 0 spiro atoms. The fourth-order valence-corrected chi connectivity index (χ4v) is 1.74. The molecular formula is C11H14INO2. The Kier molecular flexibility index (Phi) is 4.87. The maximum absolute atomic E-state index is 10.7. The number of carboxylic acids is 1. The van der Waals surface area contributed by atoms with E-state index >= 15 is 0 Å². The summed E-state index contributed by atoms with van der Waals surface area (Å²) < 4.78 is 1.16. The molecule has 0 bridgehead atoms. The second-order valence-electron chi connectivity index (χ2n) is 3.29. The lowest BCUT2D eigenvalue weighted by Gasteiger charge is -2.22. The van der Waals surface area contributed by atoms with Crippen molar-refractivity contribution in [3.05, 3.63) is 27.8 Å². The molecule has 0 atom stereocenters. The number of hydrogen-bond acceptors (Lipinski definition) is 2. The summed E-state index contributed by atoms with van der Waals surface area (Å²) in [6, 6.07) is 7.89. The van der Waals surface area contributed by atoms with Gasteiger partial charge >= 0.3 is 5.97 Å². The van der Waals surface area contributed by atoms with E-state index in [-0.39, 0.29) is 6.54 Å². The van der Waals surface area contributed by atoms with Crippen molar-refractivity contribution in [2.24, 2.45) is 0 Å². The zero-order valence-electron chi connectivity index (χ0n) is 8.61. The van der Waals surface area contributed by atoms with E-state index in [9.17, 15) is 4.79 Å². The van der Waals surface area contributed by atoms with Crippen LogP contribution < -0.4 is 4.90 Å². The number of anilines is 1. The van der Waals surface area contributed by atoms with Crippen molar-refractivity contribution in [2.75, 3.05) is 18.0 Å². The highest BCUT2D eigenvalue weighted by Gasteiger charge is 2.08. The summed E-state index contributed by atoms with van der Waals surface area (Å²) in [5, 5.41) is 8.78. The van der Waals surface area contributed by atoms with E-state index in [2.05, 4.69) is 22.6 Å². The molecule has 0 aliphatic carbocycles. The first-order valence-corrected chi connectivity index (χ1v) is 5.93. The molecule has 82 valence electrons. The minimum atomic E-state index is -0.790. The maximum Gasteiger partial charge on any atom is 0.323 e. The second kappa shape index (κ2) is 5.95. The highest BCUT2D eigenvalue weighted by molar-refractivity contribution is 14.1. The van der Waals surface area contributed by atoms with Crippen molar-refractivity contribution in [3.63, 3.8) is 0 Å². The monoisotopic (exact) mass is 319 g/mol. The standard InChI is InChI=1S/C11H14INO2/c1-2-7-13(8-11(14)15)10-5-3-9(12)4-6-10/h3-6H,2,7-8H2,1H3,(H,14,15). The van der Waals surface area contributed by atoms with E-state index in [4.69, 9.17) is 5.11 Å². The summed E-state index contributed by atoms with van der Waals surface area (Å²) in [7, 11) is 0. The molecule has 0 heterocycles. The highest BCUT2D eigenvalue weighted by atomic mass is 127. The van der Waals surface area contributed by atoms with Crippen LogP contribution in [0.25, 0.3) is 0 Å². The molecular weight excluding hydrogens is 305 g/mol. The molecule has 0 saturated carbocycles. The van der Waals surface area contributed by atoms with Crippen molar-refractivity contribution in [1.29, 1.82) is 0 Å². The lowest BCUT2D eigenvalue weighted by molar-refractivity contribution is -0.135. The molecule has 1 rings (SSSR count). The quantitative estimate of drug-likeness (QED) is 0.848. The fraction of sp³-hybridized carbons (Fsp3) is 0.364. The van der Waals surface area contributed by atoms with Gasteiger partial charge in [-0.25, -0.2) is 0 Å². The van der Waals surface area contributed by atoms with Gasteiger partial charge in [-0.3, -0.25) is 4.79 Å². The molecule has 0 aromatic heterocycles. The Hall–Kier alpha value is -0.780. The highest BCUT2D eigenvalue weighted by Crippen LogP contribution is 2.16. The molecule has 0 saturated heterocycles. The minimum absolute atomic E-state index is 0.0639. The van der Waals surface area contributed by atoms with Crippen molar-refractivity contribution in [2.45, 2.75) is 13.3 Å². The van der Waals surface area contributed by atoms with Crippen LogP contribution in [-0.2, 0) is 4.79 Å². The molecule has 0 aliphatic heterocycles. The van der Waals surface area contributed by atoms with E-state index in [0.717, 1.165) is 22.2 Å². The average Bonchev–Trinajstić information content (AvgIpc) is 2.17. The number of carbonyl (C=O) groups is 1. The van der Waals surface area contributed by atoms with Gasteiger partial charge in [0.05, 0.1) is 0 Å². The molecule has 1 aromatic carbocycles. The average molecular weight is 319 g/mol. The number of benzene rings is 1. The third-order valence-corrected chi connectivity index (χ3v) is 2.73. The summed E-state index contributed by atoms with van der Waals surface area (Å²) in [6.45, 7) is 2.88. The van der Waals surface area contributed by atoms with Gasteiger partial charge in [-0.1, -0.05) is 6.92 Å². The van der Waals surface area contributed by atoms with Crippen molar-refractivity contribution in [1.82, 2.24) is 0 Å². The molecule has 0 radical (unpaired) electrons. The normalized spacial score (nSPS) is 10.0. The lowest BCUT2D eigenvalue weighted by atomic mass is 10.2. The summed E-state index contributed by atoms with van der Waals surface area (Å²) >= 11 is 2.23. The third kappa shape index (κ3) is 4.07. The third-order valence-electron chi connectivity index (χ3n) is 2.01. The number of halogens is 1. The first kappa shape index (κ1) is 12.3. The first-order chi connectivity index (χ1) is 7.13. The minimum Gasteiger partial charge on any atom is -0.480 e. The van der Waals surface area contributed by atoms with Crippen LogP contribution in [0.1, 0.15) is 13.3 Å². The first-order valence-electron chi connectivity index (χ1n) is 4.85. The fourth-order valence-electron chi connectivity index (χ4n) is 1.38. The number of hydrogen-bond donors (Lipinski definition) is 1. The Balaban J connectivity index is 2.78. The van der Waals surface area contributed by atoms with Crippen LogP contribution in [0.15, 0.2) is 24.3 Å². The van der Waals surface area contributed by atoms with Gasteiger partial charge < -0.3 is 10.0 Å². The van der Waals surface area contributed by atoms with Crippen LogP contribution in [0.2, 0.25) is 0 Å². The molecule has 1 N–H and O–H groups in total. The van der Waals surface area contributed by atoms with Crippen LogP contribution in [0, 0.1) is 3.57 Å². The smallest absolute Gasteiger partial charge is 0.323 e. The summed E-state index contributed by atoms with van der Waals surface area (Å²) in [6.07, 6.45) is 0.944. The SMILES string of the molecule is CCCN(CC(=O)O)c1ccc(I)cc1. The molecule has 1 aromatic rings. The zero-order valence-corrected chi connectivity index (χ0v) is 10.8. The number of nitrogens with zero attached hydrogens (tertiary/aromatic N) is 1. The summed E-state index contributed by atoms with van der Waals surface area (Å²) in [4.78, 5) is 12.6. The van der Waals surface area contributed by atoms with Gasteiger partial charge in [0.15, 0.2) is 0 Å². The van der Waals surface area contributed by atoms with Gasteiger partial charge in [0.2, 0.25) is 0 Å². The Morgan fingerprint density at radius 2 is 2.00 bits per heavy atom. The van der Waals surface area contributed by atoms with Crippen LogP contribution in [0.5, 0.6) is 0 Å². The maximum atomic E-state index is 10.7. The summed E-state index contributed by atoms with van der Waals surface area (Å²) in [5.74, 6) is -0.790. The largest absolute Gasteiger partial charge is 0.480 e. The van der Waals surface area contributed by atoms with E-state index in [1.807, 2.05) is 36.1 Å². The molecule has 0 amide bonds. The van der Waals surface area contributed by atoms with Gasteiger partial charge in [0.25, 0.3) is 0 Å². The Bertz CT molecular complexity index is 324. The second-order valence-corrected chi connectivity index (χ2v) is 4.54. The topological polar surface area (TPSA) is 40.5 Å². The number of carboxylic acid groups (broad SMARTS) is 1. The van der Waals surface area contributed by atoms with E-state index in [1.54, 1.807) is 0 Å². The molecule has 0 fully saturated rings. The Morgan fingerprint density at radius 1 is 1.40 bits per heavy atom. The molecule has 15 heavy (non-hydrogen) atoms. The van der Waals surface area contributed by atoms with Gasteiger partial charge in [-0.15, -0.1) is 0 Å². The van der Waals surface area contributed by atoms with Crippen molar-refractivity contribution < 1.29 is 9.90 Å². The Morgan fingerprint density at radius 3 is 2.47 bits per heavy atom. The van der Waals surface area contributed by atoms with E-state index in [0.29, 0.717) is 0 Å². The molecule has 3 nitrogen and oxygen atoms in total. The zero-order chi connectivity index (χ0) is 11.3. The summed E-state index contributed by atoms with van der Waals surface area (Å²) in [5.41, 5.74) is 0.972. The number of rotatable bonds is 5. The number of aliphatic carboxylic acids is 1. The van der Waals surface area contributed by atoms with Gasteiger partial charge in [0, 0.05) is 15.8 Å². The predicted molar refractivity (Wildman–Crippen MR) is 69.3 cm³/mol. The van der Waals surface area contributed by atoms with Crippen LogP contribution >= 0.6 is 22.6 Å². The Labute approximate surface area is 103 Å². The molecule has 0 unspecified atom stereocenters. The van der Waals surface area contributed by atoms with E-state index < -0.39 is 5.97 Å². The van der Waals surface area contributed by atoms with Crippen LogP contribution in [0.4, 0.5) is 5.69 Å². The molecule has 0 aliphatic rings. The molecule has 4 heteroatoms. The van der Waals surface area contributed by atoms with Gasteiger partial charge in [0.1, 0.15) is 6.54 Å². The lowest BCUT2D eigenvalue weighted by Crippen LogP contribution is -2.30. The van der Waals surface area contributed by atoms with Gasteiger partial charge in [-0.2, -0.15) is 0 Å².